The highest BCUT2D eigenvalue weighted by atomic mass is 16.5. The first kappa shape index (κ1) is 22.7. The van der Waals surface area contributed by atoms with Crippen molar-refractivity contribution in [1.82, 2.24) is 9.80 Å². The van der Waals surface area contributed by atoms with Gasteiger partial charge in [0.25, 0.3) is 0 Å². The molecule has 0 amide bonds. The highest BCUT2D eigenvalue weighted by molar-refractivity contribution is 6.27. The summed E-state index contributed by atoms with van der Waals surface area (Å²) in [5.41, 5.74) is 0. The van der Waals surface area contributed by atoms with E-state index >= 15 is 0 Å². The summed E-state index contributed by atoms with van der Waals surface area (Å²) in [6.45, 7) is 9.26. The summed E-state index contributed by atoms with van der Waals surface area (Å²) >= 11 is 0. The van der Waals surface area contributed by atoms with E-state index in [1.54, 1.807) is 0 Å². The number of carboxylic acids is 2. The quantitative estimate of drug-likeness (QED) is 0.517. The van der Waals surface area contributed by atoms with Gasteiger partial charge in [-0.05, 0) is 25.6 Å². The number of likely N-dealkylation sites (N-methyl/N-ethyl adjacent to an activating group) is 1. The molecule has 0 spiro atoms. The second-order valence-electron chi connectivity index (χ2n) is 6.28. The van der Waals surface area contributed by atoms with Gasteiger partial charge in [0.2, 0.25) is 0 Å². The number of carbonyl (C=O) groups is 2. The first-order valence-corrected chi connectivity index (χ1v) is 9.15. The van der Waals surface area contributed by atoms with Crippen LogP contribution in [-0.2, 0) is 9.59 Å². The summed E-state index contributed by atoms with van der Waals surface area (Å²) in [4.78, 5) is 23.0. The molecule has 1 fully saturated rings. The smallest absolute Gasteiger partial charge is 0.414 e. The van der Waals surface area contributed by atoms with Gasteiger partial charge in [-0.2, -0.15) is 0 Å². The topological polar surface area (TPSA) is 99.5 Å². The molecule has 0 bridgehead atoms. The predicted molar refractivity (Wildman–Crippen MR) is 102 cm³/mol. The summed E-state index contributed by atoms with van der Waals surface area (Å²) in [6, 6.07) is 7.96. The maximum atomic E-state index is 9.10. The number of rotatable bonds is 8. The standard InChI is InChI=1S/C17H28N2O2.C2H2O4/c1-3-4-13-20-16-6-5-7-17(15-16)21-14-12-19-10-8-18(2)9-11-19;3-1(4)2(5)6/h5-7,15H,3-4,8-14H2,1-2H3;(H,3,4)(H,5,6). The summed E-state index contributed by atoms with van der Waals surface area (Å²) in [6.07, 6.45) is 2.25. The Bertz CT molecular complexity index is 561. The molecule has 2 rings (SSSR count). The van der Waals surface area contributed by atoms with Crippen molar-refractivity contribution in [2.24, 2.45) is 0 Å². The van der Waals surface area contributed by atoms with Crippen LogP contribution >= 0.6 is 0 Å². The van der Waals surface area contributed by atoms with Gasteiger partial charge in [-0.25, -0.2) is 9.59 Å². The average molecular weight is 382 g/mol. The number of unbranched alkanes of at least 4 members (excludes halogenated alkanes) is 1. The van der Waals surface area contributed by atoms with E-state index in [1.165, 1.54) is 0 Å². The van der Waals surface area contributed by atoms with E-state index in [0.717, 1.165) is 70.3 Å². The van der Waals surface area contributed by atoms with Crippen molar-refractivity contribution in [3.63, 3.8) is 0 Å². The lowest BCUT2D eigenvalue weighted by Crippen LogP contribution is -2.45. The van der Waals surface area contributed by atoms with Crippen molar-refractivity contribution in [1.29, 1.82) is 0 Å². The molecule has 27 heavy (non-hydrogen) atoms. The van der Waals surface area contributed by atoms with Gasteiger partial charge in [-0.3, -0.25) is 4.90 Å². The van der Waals surface area contributed by atoms with Crippen molar-refractivity contribution in [2.45, 2.75) is 19.8 Å². The molecule has 1 aromatic rings. The fourth-order valence-corrected chi connectivity index (χ4v) is 2.35. The van der Waals surface area contributed by atoms with Crippen LogP contribution in [0.4, 0.5) is 0 Å². The predicted octanol–water partition coefficient (Wildman–Crippen LogP) is 1.65. The Morgan fingerprint density at radius 1 is 1.00 bits per heavy atom. The maximum Gasteiger partial charge on any atom is 0.414 e. The summed E-state index contributed by atoms with van der Waals surface area (Å²) < 4.78 is 11.5. The van der Waals surface area contributed by atoms with Crippen LogP contribution in [0.1, 0.15) is 19.8 Å². The zero-order chi connectivity index (χ0) is 20.1. The van der Waals surface area contributed by atoms with E-state index in [4.69, 9.17) is 29.3 Å². The van der Waals surface area contributed by atoms with Crippen LogP contribution < -0.4 is 9.47 Å². The summed E-state index contributed by atoms with van der Waals surface area (Å²) in [5.74, 6) is -1.84. The molecule has 1 saturated heterocycles. The molecule has 1 aliphatic rings. The lowest BCUT2D eigenvalue weighted by atomic mass is 10.3. The molecule has 0 radical (unpaired) electrons. The monoisotopic (exact) mass is 382 g/mol. The number of ether oxygens (including phenoxy) is 2. The van der Waals surface area contributed by atoms with E-state index in [0.29, 0.717) is 0 Å². The molecular weight excluding hydrogens is 352 g/mol. The minimum absolute atomic E-state index is 0.738. The van der Waals surface area contributed by atoms with Crippen molar-refractivity contribution >= 4 is 11.9 Å². The van der Waals surface area contributed by atoms with Crippen LogP contribution in [0.25, 0.3) is 0 Å². The molecule has 0 atom stereocenters. The number of nitrogens with zero attached hydrogens (tertiary/aromatic N) is 2. The van der Waals surface area contributed by atoms with Crippen molar-refractivity contribution in [3.8, 4) is 11.5 Å². The second kappa shape index (κ2) is 12.9. The molecule has 2 N–H and O–H groups in total. The van der Waals surface area contributed by atoms with E-state index in [-0.39, 0.29) is 0 Å². The summed E-state index contributed by atoms with van der Waals surface area (Å²) in [5, 5.41) is 14.8. The molecule has 8 nitrogen and oxygen atoms in total. The SMILES string of the molecule is CCCCOc1cccc(OCCN2CCN(C)CC2)c1.O=C(O)C(=O)O. The van der Waals surface area contributed by atoms with Gasteiger partial charge >= 0.3 is 11.9 Å². The lowest BCUT2D eigenvalue weighted by molar-refractivity contribution is -0.159. The van der Waals surface area contributed by atoms with Crippen molar-refractivity contribution in [2.75, 3.05) is 53.0 Å². The largest absolute Gasteiger partial charge is 0.493 e. The minimum atomic E-state index is -1.82. The average Bonchev–Trinajstić information content (AvgIpc) is 2.64. The normalized spacial score (nSPS) is 14.7. The second-order valence-corrected chi connectivity index (χ2v) is 6.28. The molecule has 1 heterocycles. The fourth-order valence-electron chi connectivity index (χ4n) is 2.35. The molecule has 1 aromatic carbocycles. The van der Waals surface area contributed by atoms with E-state index in [1.807, 2.05) is 24.3 Å². The van der Waals surface area contributed by atoms with Gasteiger partial charge < -0.3 is 24.6 Å². The van der Waals surface area contributed by atoms with Gasteiger partial charge in [-0.15, -0.1) is 0 Å². The van der Waals surface area contributed by atoms with Crippen LogP contribution in [-0.4, -0.2) is 84.9 Å². The Balaban J connectivity index is 0.000000527. The number of carboxylic acid groups (broad SMARTS) is 2. The zero-order valence-corrected chi connectivity index (χ0v) is 16.1. The molecule has 8 heteroatoms. The highest BCUT2D eigenvalue weighted by Gasteiger charge is 2.13. The third-order valence-corrected chi connectivity index (χ3v) is 4.03. The van der Waals surface area contributed by atoms with Crippen molar-refractivity contribution in [3.05, 3.63) is 24.3 Å². The fraction of sp³-hybridized carbons (Fsp3) is 0.579. The van der Waals surface area contributed by atoms with E-state index in [9.17, 15) is 0 Å². The van der Waals surface area contributed by atoms with E-state index in [2.05, 4.69) is 23.8 Å². The Kier molecular flexibility index (Phi) is 10.9. The molecule has 0 aromatic heterocycles. The number of hydrogen-bond donors (Lipinski definition) is 2. The molecular formula is C19H30N2O6. The molecule has 0 aliphatic carbocycles. The Hall–Kier alpha value is -2.32. The Morgan fingerprint density at radius 3 is 2.07 bits per heavy atom. The van der Waals surface area contributed by atoms with Crippen molar-refractivity contribution < 1.29 is 29.3 Å². The van der Waals surface area contributed by atoms with Crippen LogP contribution in [0.5, 0.6) is 11.5 Å². The number of piperazine rings is 1. The van der Waals surface area contributed by atoms with Crippen LogP contribution in [0.2, 0.25) is 0 Å². The molecule has 152 valence electrons. The number of aliphatic carboxylic acids is 2. The van der Waals surface area contributed by atoms with Gasteiger partial charge in [0.15, 0.2) is 0 Å². The van der Waals surface area contributed by atoms with Crippen LogP contribution in [0, 0.1) is 0 Å². The third kappa shape index (κ3) is 10.4. The lowest BCUT2D eigenvalue weighted by Gasteiger charge is -2.32. The highest BCUT2D eigenvalue weighted by Crippen LogP contribution is 2.19. The van der Waals surface area contributed by atoms with Gasteiger partial charge in [0, 0.05) is 38.8 Å². The molecule has 0 unspecified atom stereocenters. The van der Waals surface area contributed by atoms with Crippen LogP contribution in [0.3, 0.4) is 0 Å². The Labute approximate surface area is 160 Å². The maximum absolute atomic E-state index is 9.10. The zero-order valence-electron chi connectivity index (χ0n) is 16.1. The minimum Gasteiger partial charge on any atom is -0.493 e. The molecule has 1 aliphatic heterocycles. The van der Waals surface area contributed by atoms with E-state index < -0.39 is 11.9 Å². The van der Waals surface area contributed by atoms with Gasteiger partial charge in [0.1, 0.15) is 18.1 Å². The first-order chi connectivity index (χ1) is 12.9. The van der Waals surface area contributed by atoms with Gasteiger partial charge in [0.05, 0.1) is 6.61 Å². The third-order valence-electron chi connectivity index (χ3n) is 4.03. The number of benzene rings is 1. The molecule has 0 saturated carbocycles. The first-order valence-electron chi connectivity index (χ1n) is 9.15. The number of hydrogen-bond acceptors (Lipinski definition) is 6. The Morgan fingerprint density at radius 2 is 1.56 bits per heavy atom. The van der Waals surface area contributed by atoms with Gasteiger partial charge in [-0.1, -0.05) is 19.4 Å². The summed E-state index contributed by atoms with van der Waals surface area (Å²) in [7, 11) is 2.18. The van der Waals surface area contributed by atoms with Crippen LogP contribution in [0.15, 0.2) is 24.3 Å².